The molecule has 0 aliphatic carbocycles. The zero-order valence-corrected chi connectivity index (χ0v) is 27.4. The molecule has 0 fully saturated rings. The van der Waals surface area contributed by atoms with Crippen molar-refractivity contribution in [2.24, 2.45) is 0 Å². The first kappa shape index (κ1) is 45.2. The molecule has 0 aromatic heterocycles. The molecule has 1 rings (SSSR count). The SMILES string of the molecule is COc1c(OC(=O)C(O)CO)c(C=CC(=O)OOC(=O)C(O)CO)c(OC(=O)C(O)CO)c(OC(=O)C(O)CO)c1OC(=O)C(O)CO.[H-].[Na+]. The van der Waals surface area contributed by atoms with Gasteiger partial charge in [0.1, 0.15) is 0 Å². The first-order valence-electron chi connectivity index (χ1n) is 12.8. The van der Waals surface area contributed by atoms with Crippen molar-refractivity contribution in [1.29, 1.82) is 0 Å². The van der Waals surface area contributed by atoms with Gasteiger partial charge in [0.25, 0.3) is 0 Å². The molecule has 0 spiro atoms. The summed E-state index contributed by atoms with van der Waals surface area (Å²) >= 11 is 0. The minimum atomic E-state index is -2.39. The summed E-state index contributed by atoms with van der Waals surface area (Å²) in [4.78, 5) is 82.0. The van der Waals surface area contributed by atoms with Crippen molar-refractivity contribution >= 4 is 41.9 Å². The third-order valence-corrected chi connectivity index (χ3v) is 5.15. The largest absolute Gasteiger partial charge is 1.00 e. The number of ether oxygens (including phenoxy) is 5. The van der Waals surface area contributed by atoms with Crippen molar-refractivity contribution in [3.63, 3.8) is 0 Å². The second-order valence-corrected chi connectivity index (χ2v) is 8.58. The van der Waals surface area contributed by atoms with Gasteiger partial charge in [0, 0.05) is 6.08 Å². The van der Waals surface area contributed by atoms with Crippen LogP contribution >= 0.6 is 0 Å². The standard InChI is InChI=1S/C25H30O23.Na.H/c1-42-18-16(43-21(37)10(31)4-26)9(2-3-15(36)47-48-25(41)14(35)8-30)17(44-22(38)11(32)5-27)19(45-23(39)12(33)6-28)20(18)46-24(40)13(34)7-29;;/h2-3,10-14,26-35H,4-8H2,1H3;;/q;+1;-1. The van der Waals surface area contributed by atoms with Crippen LogP contribution in [0.4, 0.5) is 0 Å². The average Bonchev–Trinajstić information content (AvgIpc) is 3.09. The summed E-state index contributed by atoms with van der Waals surface area (Å²) in [5.74, 6) is -16.6. The third kappa shape index (κ3) is 12.9. The van der Waals surface area contributed by atoms with Gasteiger partial charge >= 0.3 is 65.4 Å². The fourth-order valence-electron chi connectivity index (χ4n) is 2.75. The average molecular weight is 722 g/mol. The van der Waals surface area contributed by atoms with E-state index in [0.717, 1.165) is 7.11 Å². The maximum atomic E-state index is 12.6. The molecule has 0 bridgehead atoms. The van der Waals surface area contributed by atoms with Crippen molar-refractivity contribution in [2.45, 2.75) is 30.5 Å². The molecule has 10 N–H and O–H groups in total. The number of carbonyl (C=O) groups is 6. The van der Waals surface area contributed by atoms with E-state index in [1.165, 1.54) is 0 Å². The predicted octanol–water partition coefficient (Wildman–Crippen LogP) is -9.79. The maximum Gasteiger partial charge on any atom is 1.00 e. The first-order chi connectivity index (χ1) is 22.6. The Kier molecular flexibility index (Phi) is 20.3. The minimum Gasteiger partial charge on any atom is -1.00 e. The Morgan fingerprint density at radius 3 is 1.18 bits per heavy atom. The molecular formula is C25H31NaO23. The number of hydrogen-bond acceptors (Lipinski definition) is 23. The number of aliphatic hydroxyl groups is 10. The molecule has 270 valence electrons. The molecule has 0 radical (unpaired) electrons. The van der Waals surface area contributed by atoms with Crippen LogP contribution < -0.4 is 53.2 Å². The van der Waals surface area contributed by atoms with Gasteiger partial charge in [-0.3, -0.25) is 0 Å². The second-order valence-electron chi connectivity index (χ2n) is 8.58. The number of carbonyl (C=O) groups excluding carboxylic acids is 6. The van der Waals surface area contributed by atoms with Crippen molar-refractivity contribution in [2.75, 3.05) is 40.1 Å². The van der Waals surface area contributed by atoms with Gasteiger partial charge < -0.3 is 76.2 Å². The molecule has 5 unspecified atom stereocenters. The van der Waals surface area contributed by atoms with Gasteiger partial charge in [-0.2, -0.15) is 0 Å². The number of rotatable bonds is 17. The zero-order valence-electron chi connectivity index (χ0n) is 26.4. The Bertz CT molecular complexity index is 1370. The number of aliphatic hydroxyl groups excluding tert-OH is 10. The molecular weight excluding hydrogens is 691 g/mol. The Morgan fingerprint density at radius 1 is 0.531 bits per heavy atom. The van der Waals surface area contributed by atoms with Crippen LogP contribution in [0.3, 0.4) is 0 Å². The van der Waals surface area contributed by atoms with E-state index in [4.69, 9.17) is 33.9 Å². The first-order valence-corrected chi connectivity index (χ1v) is 12.8. The molecule has 23 nitrogen and oxygen atoms in total. The Labute approximate surface area is 296 Å². The molecule has 5 atom stereocenters. The molecule has 0 amide bonds. The van der Waals surface area contributed by atoms with Crippen molar-refractivity contribution in [3.8, 4) is 28.7 Å². The fourth-order valence-corrected chi connectivity index (χ4v) is 2.75. The molecule has 0 aliphatic heterocycles. The molecule has 1 aromatic rings. The minimum absolute atomic E-state index is 0. The van der Waals surface area contributed by atoms with E-state index in [9.17, 15) is 69.6 Å². The summed E-state index contributed by atoms with van der Waals surface area (Å²) in [5.41, 5.74) is -1.01. The summed E-state index contributed by atoms with van der Waals surface area (Å²) in [6.45, 7) is -6.31. The smallest absolute Gasteiger partial charge is 1.00 e. The number of esters is 4. The molecule has 0 saturated carbocycles. The molecule has 24 heteroatoms. The van der Waals surface area contributed by atoms with E-state index >= 15 is 0 Å². The number of benzene rings is 1. The maximum absolute atomic E-state index is 12.6. The van der Waals surface area contributed by atoms with Crippen LogP contribution in [-0.4, -0.2) is 158 Å². The van der Waals surface area contributed by atoms with Gasteiger partial charge in [-0.15, -0.1) is 0 Å². The van der Waals surface area contributed by atoms with Crippen LogP contribution in [0.25, 0.3) is 6.08 Å². The van der Waals surface area contributed by atoms with E-state index < -0.39 is 134 Å². The van der Waals surface area contributed by atoms with Crippen molar-refractivity contribution in [3.05, 3.63) is 11.6 Å². The van der Waals surface area contributed by atoms with Crippen LogP contribution in [-0.2, 0) is 38.5 Å². The summed E-state index contributed by atoms with van der Waals surface area (Å²) in [7, 11) is 0.762. The quantitative estimate of drug-likeness (QED) is 0.0178. The van der Waals surface area contributed by atoms with Gasteiger partial charge in [0.2, 0.25) is 17.2 Å². The third-order valence-electron chi connectivity index (χ3n) is 5.15. The van der Waals surface area contributed by atoms with Crippen LogP contribution in [0.2, 0.25) is 0 Å². The van der Waals surface area contributed by atoms with Crippen LogP contribution in [0.15, 0.2) is 6.08 Å². The molecule has 49 heavy (non-hydrogen) atoms. The zero-order chi connectivity index (χ0) is 36.7. The van der Waals surface area contributed by atoms with E-state index in [2.05, 4.69) is 9.78 Å². The van der Waals surface area contributed by atoms with E-state index in [0.29, 0.717) is 6.08 Å². The molecule has 0 heterocycles. The second kappa shape index (κ2) is 22.0. The Hall–Kier alpha value is -3.82. The van der Waals surface area contributed by atoms with Crippen molar-refractivity contribution < 1.29 is 144 Å². The summed E-state index contributed by atoms with van der Waals surface area (Å²) in [5, 5.41) is 93.9. The fraction of sp³-hybridized carbons (Fsp3) is 0.440. The van der Waals surface area contributed by atoms with Gasteiger partial charge in [-0.05, 0) is 6.08 Å². The molecule has 0 saturated heterocycles. The summed E-state index contributed by atoms with van der Waals surface area (Å²) in [6, 6.07) is 0. The number of methoxy groups -OCH3 is 1. The normalized spacial score (nSPS) is 13.9. The van der Waals surface area contributed by atoms with E-state index in [1.807, 2.05) is 0 Å². The summed E-state index contributed by atoms with van der Waals surface area (Å²) in [6.07, 6.45) is -10.8. The van der Waals surface area contributed by atoms with Gasteiger partial charge in [-0.1, -0.05) is 0 Å². The Balaban J connectivity index is 0. The van der Waals surface area contributed by atoms with Crippen LogP contribution in [0, 0.1) is 0 Å². The summed E-state index contributed by atoms with van der Waals surface area (Å²) < 4.78 is 24.8. The molecule has 1 aromatic carbocycles. The van der Waals surface area contributed by atoms with Gasteiger partial charge in [0.15, 0.2) is 42.0 Å². The topological polar surface area (TPSA) is 369 Å². The van der Waals surface area contributed by atoms with Crippen LogP contribution in [0.1, 0.15) is 6.99 Å². The van der Waals surface area contributed by atoms with E-state index in [-0.39, 0.29) is 37.1 Å². The molecule has 0 aliphatic rings. The monoisotopic (exact) mass is 722 g/mol. The van der Waals surface area contributed by atoms with Crippen LogP contribution in [0.5, 0.6) is 28.7 Å². The van der Waals surface area contributed by atoms with Gasteiger partial charge in [-0.25, -0.2) is 38.5 Å². The predicted molar refractivity (Wildman–Crippen MR) is 143 cm³/mol. The van der Waals surface area contributed by atoms with Gasteiger partial charge in [0.05, 0.1) is 45.7 Å². The van der Waals surface area contributed by atoms with Crippen molar-refractivity contribution in [1.82, 2.24) is 0 Å². The number of hydrogen-bond donors (Lipinski definition) is 10. The Morgan fingerprint density at radius 2 is 0.837 bits per heavy atom. The van der Waals surface area contributed by atoms with E-state index in [1.54, 1.807) is 0 Å².